The average Bonchev–Trinajstić information content (AvgIpc) is 2.65. The van der Waals surface area contributed by atoms with Gasteiger partial charge < -0.3 is 10.6 Å². The quantitative estimate of drug-likeness (QED) is 0.705. The van der Waals surface area contributed by atoms with Crippen molar-refractivity contribution < 1.29 is 4.79 Å². The minimum absolute atomic E-state index is 0.208. The lowest BCUT2D eigenvalue weighted by Gasteiger charge is -2.18. The molecule has 0 bridgehead atoms. The zero-order valence-corrected chi connectivity index (χ0v) is 10.7. The predicted octanol–water partition coefficient (Wildman–Crippen LogP) is 2.15. The van der Waals surface area contributed by atoms with Gasteiger partial charge in [-0.25, -0.2) is 0 Å². The standard InChI is InChI=1S/C13H26N2O/c1-3-4-5-6-11(2)9-13(16)15-8-7-12(14)10-15/h11-12H,3-10,14H2,1-2H3. The smallest absolute Gasteiger partial charge is 0.222 e. The molecule has 94 valence electrons. The molecule has 1 amide bonds. The first-order chi connectivity index (χ1) is 7.63. The molecule has 1 aliphatic heterocycles. The maximum absolute atomic E-state index is 11.9. The first kappa shape index (κ1) is 13.5. The summed E-state index contributed by atoms with van der Waals surface area (Å²) in [6.07, 6.45) is 6.64. The first-order valence-corrected chi connectivity index (χ1v) is 6.66. The highest BCUT2D eigenvalue weighted by molar-refractivity contribution is 5.76. The molecule has 1 fully saturated rings. The highest BCUT2D eigenvalue weighted by Crippen LogP contribution is 2.16. The van der Waals surface area contributed by atoms with Crippen LogP contribution in [-0.4, -0.2) is 29.9 Å². The molecular weight excluding hydrogens is 200 g/mol. The van der Waals surface area contributed by atoms with E-state index in [9.17, 15) is 4.79 Å². The van der Waals surface area contributed by atoms with Gasteiger partial charge in [0.1, 0.15) is 0 Å². The van der Waals surface area contributed by atoms with Gasteiger partial charge in [-0.05, 0) is 12.3 Å². The van der Waals surface area contributed by atoms with E-state index in [2.05, 4.69) is 13.8 Å². The third-order valence-corrected chi connectivity index (χ3v) is 3.40. The molecule has 0 aliphatic carbocycles. The van der Waals surface area contributed by atoms with Gasteiger partial charge in [-0.15, -0.1) is 0 Å². The number of nitrogens with two attached hydrogens (primary N) is 1. The molecule has 0 radical (unpaired) electrons. The molecule has 0 saturated carbocycles. The van der Waals surface area contributed by atoms with Crippen molar-refractivity contribution in [2.24, 2.45) is 11.7 Å². The molecule has 1 aliphatic rings. The molecule has 0 spiro atoms. The topological polar surface area (TPSA) is 46.3 Å². The summed E-state index contributed by atoms with van der Waals surface area (Å²) in [5.74, 6) is 0.827. The normalized spacial score (nSPS) is 22.4. The van der Waals surface area contributed by atoms with Crippen LogP contribution < -0.4 is 5.73 Å². The summed E-state index contributed by atoms with van der Waals surface area (Å²) < 4.78 is 0. The van der Waals surface area contributed by atoms with Crippen LogP contribution in [0.5, 0.6) is 0 Å². The van der Waals surface area contributed by atoms with Crippen LogP contribution >= 0.6 is 0 Å². The van der Waals surface area contributed by atoms with Crippen LogP contribution in [0.3, 0.4) is 0 Å². The number of hydrogen-bond acceptors (Lipinski definition) is 2. The van der Waals surface area contributed by atoms with Crippen molar-refractivity contribution in [3.05, 3.63) is 0 Å². The Bertz CT molecular complexity index is 218. The Morgan fingerprint density at radius 1 is 1.50 bits per heavy atom. The van der Waals surface area contributed by atoms with E-state index in [1.165, 1.54) is 25.7 Å². The molecule has 0 aromatic heterocycles. The maximum Gasteiger partial charge on any atom is 0.222 e. The third-order valence-electron chi connectivity index (χ3n) is 3.40. The molecule has 0 aromatic carbocycles. The van der Waals surface area contributed by atoms with E-state index in [-0.39, 0.29) is 6.04 Å². The van der Waals surface area contributed by atoms with Crippen molar-refractivity contribution in [1.29, 1.82) is 0 Å². The highest BCUT2D eigenvalue weighted by Gasteiger charge is 2.24. The van der Waals surface area contributed by atoms with E-state index >= 15 is 0 Å². The number of amides is 1. The monoisotopic (exact) mass is 226 g/mol. The van der Waals surface area contributed by atoms with Gasteiger partial charge in [-0.2, -0.15) is 0 Å². The van der Waals surface area contributed by atoms with Crippen molar-refractivity contribution in [3.63, 3.8) is 0 Å². The molecule has 3 heteroatoms. The van der Waals surface area contributed by atoms with Crippen molar-refractivity contribution in [2.75, 3.05) is 13.1 Å². The number of nitrogens with zero attached hydrogens (tertiary/aromatic N) is 1. The van der Waals surface area contributed by atoms with Gasteiger partial charge >= 0.3 is 0 Å². The fraction of sp³-hybridized carbons (Fsp3) is 0.923. The van der Waals surface area contributed by atoms with Gasteiger partial charge in [0, 0.05) is 25.6 Å². The van der Waals surface area contributed by atoms with E-state index in [1.54, 1.807) is 0 Å². The Balaban J connectivity index is 2.17. The van der Waals surface area contributed by atoms with Crippen LogP contribution in [0.4, 0.5) is 0 Å². The van der Waals surface area contributed by atoms with Crippen LogP contribution in [0, 0.1) is 5.92 Å². The molecule has 1 saturated heterocycles. The SMILES string of the molecule is CCCCCC(C)CC(=O)N1CCC(N)C1. The molecule has 1 rings (SSSR count). The number of rotatable bonds is 6. The van der Waals surface area contributed by atoms with Crippen LogP contribution in [0.2, 0.25) is 0 Å². The predicted molar refractivity (Wildman–Crippen MR) is 67.1 cm³/mol. The first-order valence-electron chi connectivity index (χ1n) is 6.66. The number of likely N-dealkylation sites (tertiary alicyclic amines) is 1. The Morgan fingerprint density at radius 3 is 2.81 bits per heavy atom. The highest BCUT2D eigenvalue weighted by atomic mass is 16.2. The van der Waals surface area contributed by atoms with Crippen molar-refractivity contribution in [1.82, 2.24) is 4.90 Å². The summed E-state index contributed by atoms with van der Waals surface area (Å²) in [6.45, 7) is 6.02. The maximum atomic E-state index is 11.9. The summed E-state index contributed by atoms with van der Waals surface area (Å²) in [5.41, 5.74) is 5.80. The lowest BCUT2D eigenvalue weighted by molar-refractivity contribution is -0.131. The van der Waals surface area contributed by atoms with Gasteiger partial charge in [0.2, 0.25) is 5.91 Å². The summed E-state index contributed by atoms with van der Waals surface area (Å²) in [5, 5.41) is 0. The molecular formula is C13H26N2O. The van der Waals surface area contributed by atoms with E-state index in [0.717, 1.165) is 19.5 Å². The minimum atomic E-state index is 0.208. The second-order valence-corrected chi connectivity index (χ2v) is 5.19. The van der Waals surface area contributed by atoms with E-state index in [0.29, 0.717) is 18.2 Å². The molecule has 1 heterocycles. The molecule has 2 atom stereocenters. The summed E-state index contributed by atoms with van der Waals surface area (Å²) in [4.78, 5) is 13.8. The summed E-state index contributed by atoms with van der Waals surface area (Å²) in [6, 6.07) is 0.208. The lowest BCUT2D eigenvalue weighted by Crippen LogP contribution is -2.32. The van der Waals surface area contributed by atoms with Gasteiger partial charge in [0.15, 0.2) is 0 Å². The van der Waals surface area contributed by atoms with Gasteiger partial charge in [0.05, 0.1) is 0 Å². The average molecular weight is 226 g/mol. The second kappa shape index (κ2) is 6.89. The summed E-state index contributed by atoms with van der Waals surface area (Å²) >= 11 is 0. The van der Waals surface area contributed by atoms with Crippen LogP contribution in [0.15, 0.2) is 0 Å². The summed E-state index contributed by atoms with van der Waals surface area (Å²) in [7, 11) is 0. The van der Waals surface area contributed by atoms with Gasteiger partial charge in [-0.1, -0.05) is 39.5 Å². The lowest BCUT2D eigenvalue weighted by atomic mass is 9.99. The number of carbonyl (C=O) groups is 1. The Labute approximate surface area is 99.4 Å². The van der Waals surface area contributed by atoms with E-state index < -0.39 is 0 Å². The van der Waals surface area contributed by atoms with Crippen LogP contribution in [-0.2, 0) is 4.79 Å². The van der Waals surface area contributed by atoms with Crippen LogP contribution in [0.1, 0.15) is 52.4 Å². The van der Waals surface area contributed by atoms with Crippen LogP contribution in [0.25, 0.3) is 0 Å². The van der Waals surface area contributed by atoms with Gasteiger partial charge in [0.25, 0.3) is 0 Å². The van der Waals surface area contributed by atoms with E-state index in [4.69, 9.17) is 5.73 Å². The Hall–Kier alpha value is -0.570. The fourth-order valence-corrected chi connectivity index (χ4v) is 2.29. The Kier molecular flexibility index (Phi) is 5.81. The zero-order chi connectivity index (χ0) is 12.0. The molecule has 3 nitrogen and oxygen atoms in total. The number of carbonyl (C=O) groups excluding carboxylic acids is 1. The molecule has 2 N–H and O–H groups in total. The molecule has 2 unspecified atom stereocenters. The van der Waals surface area contributed by atoms with Crippen molar-refractivity contribution in [2.45, 2.75) is 58.4 Å². The fourth-order valence-electron chi connectivity index (χ4n) is 2.29. The second-order valence-electron chi connectivity index (χ2n) is 5.19. The minimum Gasteiger partial charge on any atom is -0.341 e. The van der Waals surface area contributed by atoms with Gasteiger partial charge in [-0.3, -0.25) is 4.79 Å². The molecule has 16 heavy (non-hydrogen) atoms. The number of unbranched alkanes of at least 4 members (excludes halogenated alkanes) is 2. The zero-order valence-electron chi connectivity index (χ0n) is 10.7. The molecule has 0 aromatic rings. The number of hydrogen-bond donors (Lipinski definition) is 1. The van der Waals surface area contributed by atoms with Crippen molar-refractivity contribution in [3.8, 4) is 0 Å². The largest absolute Gasteiger partial charge is 0.341 e. The third kappa shape index (κ3) is 4.52. The van der Waals surface area contributed by atoms with Crippen molar-refractivity contribution >= 4 is 5.91 Å². The van der Waals surface area contributed by atoms with E-state index in [1.807, 2.05) is 4.90 Å². The Morgan fingerprint density at radius 2 is 2.25 bits per heavy atom.